The van der Waals surface area contributed by atoms with Crippen LogP contribution in [0, 0.1) is 6.92 Å². The van der Waals surface area contributed by atoms with Gasteiger partial charge in [-0.1, -0.05) is 30.3 Å². The molecule has 0 radical (unpaired) electrons. The molecule has 2 atom stereocenters. The second-order valence-corrected chi connectivity index (χ2v) is 6.85. The van der Waals surface area contributed by atoms with Gasteiger partial charge in [0, 0.05) is 18.0 Å². The Morgan fingerprint density at radius 2 is 2.19 bits per heavy atom. The predicted molar refractivity (Wildman–Crippen MR) is 86.3 cm³/mol. The Labute approximate surface area is 130 Å². The molecule has 1 saturated heterocycles. The summed E-state index contributed by atoms with van der Waals surface area (Å²) >= 11 is 1.71. The summed E-state index contributed by atoms with van der Waals surface area (Å²) in [5.74, 6) is 0. The molecular weight excluding hydrogens is 280 g/mol. The molecule has 0 bridgehead atoms. The number of likely N-dealkylation sites (tertiary alicyclic amines) is 1. The number of aliphatic hydroxyl groups excluding tert-OH is 1. The summed E-state index contributed by atoms with van der Waals surface area (Å²) in [6.07, 6.45) is 2.84. The van der Waals surface area contributed by atoms with Crippen molar-refractivity contribution in [3.8, 4) is 0 Å². The molecule has 1 N–H and O–H groups in total. The number of rotatable bonds is 5. The second kappa shape index (κ2) is 6.69. The SMILES string of the molecule is Cc1nc(CN2CCC[C@@H]2C[C@H](O)c2ccccc2)cs1. The third kappa shape index (κ3) is 3.70. The van der Waals surface area contributed by atoms with E-state index in [1.165, 1.54) is 18.5 Å². The van der Waals surface area contributed by atoms with Crippen LogP contribution in [0.15, 0.2) is 35.7 Å². The highest BCUT2D eigenvalue weighted by Crippen LogP contribution is 2.28. The van der Waals surface area contributed by atoms with Gasteiger partial charge >= 0.3 is 0 Å². The first-order valence-corrected chi connectivity index (χ1v) is 8.48. The van der Waals surface area contributed by atoms with Crippen molar-refractivity contribution in [1.29, 1.82) is 0 Å². The molecule has 1 aromatic heterocycles. The lowest BCUT2D eigenvalue weighted by Crippen LogP contribution is -2.30. The molecular formula is C17H22N2OS. The monoisotopic (exact) mass is 302 g/mol. The summed E-state index contributed by atoms with van der Waals surface area (Å²) < 4.78 is 0. The van der Waals surface area contributed by atoms with Crippen molar-refractivity contribution >= 4 is 11.3 Å². The van der Waals surface area contributed by atoms with Crippen molar-refractivity contribution < 1.29 is 5.11 Å². The number of hydrogen-bond donors (Lipinski definition) is 1. The first-order chi connectivity index (χ1) is 10.2. The van der Waals surface area contributed by atoms with E-state index in [0.29, 0.717) is 6.04 Å². The minimum Gasteiger partial charge on any atom is -0.388 e. The van der Waals surface area contributed by atoms with Gasteiger partial charge in [0.15, 0.2) is 0 Å². The zero-order valence-electron chi connectivity index (χ0n) is 12.4. The van der Waals surface area contributed by atoms with Gasteiger partial charge in [-0.2, -0.15) is 0 Å². The molecule has 112 valence electrons. The summed E-state index contributed by atoms with van der Waals surface area (Å²) in [6, 6.07) is 10.4. The van der Waals surface area contributed by atoms with Crippen molar-refractivity contribution in [2.24, 2.45) is 0 Å². The minimum atomic E-state index is -0.367. The number of aromatic nitrogens is 1. The first kappa shape index (κ1) is 14.7. The van der Waals surface area contributed by atoms with E-state index < -0.39 is 0 Å². The van der Waals surface area contributed by atoms with Gasteiger partial charge in [0.2, 0.25) is 0 Å². The fraction of sp³-hybridized carbons (Fsp3) is 0.471. The molecule has 3 nitrogen and oxygen atoms in total. The quantitative estimate of drug-likeness (QED) is 0.918. The molecule has 0 aliphatic carbocycles. The van der Waals surface area contributed by atoms with Gasteiger partial charge in [-0.25, -0.2) is 4.98 Å². The van der Waals surface area contributed by atoms with Crippen molar-refractivity contribution in [3.05, 3.63) is 52.0 Å². The Bertz CT molecular complexity index is 569. The van der Waals surface area contributed by atoms with E-state index in [2.05, 4.69) is 22.2 Å². The van der Waals surface area contributed by atoms with Crippen LogP contribution >= 0.6 is 11.3 Å². The highest BCUT2D eigenvalue weighted by atomic mass is 32.1. The molecule has 0 unspecified atom stereocenters. The Balaban J connectivity index is 1.61. The molecule has 0 amide bonds. The molecule has 2 heterocycles. The lowest BCUT2D eigenvalue weighted by molar-refractivity contribution is 0.117. The van der Waals surface area contributed by atoms with Gasteiger partial charge in [-0.05, 0) is 38.3 Å². The van der Waals surface area contributed by atoms with Gasteiger partial charge in [-0.3, -0.25) is 4.90 Å². The van der Waals surface area contributed by atoms with Crippen LogP contribution in [0.3, 0.4) is 0 Å². The maximum absolute atomic E-state index is 10.4. The molecule has 4 heteroatoms. The highest BCUT2D eigenvalue weighted by Gasteiger charge is 2.27. The fourth-order valence-corrected chi connectivity index (χ4v) is 3.73. The van der Waals surface area contributed by atoms with E-state index in [4.69, 9.17) is 0 Å². The molecule has 1 fully saturated rings. The number of benzene rings is 1. The minimum absolute atomic E-state index is 0.367. The molecule has 21 heavy (non-hydrogen) atoms. The van der Waals surface area contributed by atoms with Crippen LogP contribution in [0.2, 0.25) is 0 Å². The van der Waals surface area contributed by atoms with E-state index in [9.17, 15) is 5.11 Å². The average Bonchev–Trinajstić information content (AvgIpc) is 3.10. The summed E-state index contributed by atoms with van der Waals surface area (Å²) in [7, 11) is 0. The van der Waals surface area contributed by atoms with E-state index in [1.54, 1.807) is 11.3 Å². The van der Waals surface area contributed by atoms with Crippen molar-refractivity contribution in [3.63, 3.8) is 0 Å². The Hall–Kier alpha value is -1.23. The lowest BCUT2D eigenvalue weighted by atomic mass is 10.0. The number of hydrogen-bond acceptors (Lipinski definition) is 4. The molecule has 2 aromatic rings. The number of nitrogens with zero attached hydrogens (tertiary/aromatic N) is 2. The maximum atomic E-state index is 10.4. The van der Waals surface area contributed by atoms with Crippen molar-refractivity contribution in [2.45, 2.75) is 44.9 Å². The average molecular weight is 302 g/mol. The molecule has 0 spiro atoms. The normalized spacial score (nSPS) is 20.8. The standard InChI is InChI=1S/C17H22N2OS/c1-13-18-15(12-21-13)11-19-9-5-8-16(19)10-17(20)14-6-3-2-4-7-14/h2-4,6-7,12,16-17,20H,5,8-11H2,1H3/t16-,17+/m1/s1. The topological polar surface area (TPSA) is 36.4 Å². The smallest absolute Gasteiger partial charge is 0.0897 e. The number of thiazole rings is 1. The molecule has 1 aromatic carbocycles. The Kier molecular flexibility index (Phi) is 4.68. The Morgan fingerprint density at radius 1 is 1.38 bits per heavy atom. The van der Waals surface area contributed by atoms with E-state index in [0.717, 1.165) is 30.1 Å². The third-order valence-electron chi connectivity index (χ3n) is 4.21. The van der Waals surface area contributed by atoms with Crippen molar-refractivity contribution in [1.82, 2.24) is 9.88 Å². The van der Waals surface area contributed by atoms with Gasteiger partial charge < -0.3 is 5.11 Å². The molecule has 1 aliphatic heterocycles. The second-order valence-electron chi connectivity index (χ2n) is 5.79. The van der Waals surface area contributed by atoms with Gasteiger partial charge in [0.05, 0.1) is 16.8 Å². The lowest BCUT2D eigenvalue weighted by Gasteiger charge is -2.25. The summed E-state index contributed by atoms with van der Waals surface area (Å²) in [5.41, 5.74) is 2.19. The van der Waals surface area contributed by atoms with Crippen LogP contribution < -0.4 is 0 Å². The molecule has 1 aliphatic rings. The summed E-state index contributed by atoms with van der Waals surface area (Å²) in [6.45, 7) is 4.08. The zero-order valence-corrected chi connectivity index (χ0v) is 13.2. The largest absolute Gasteiger partial charge is 0.388 e. The van der Waals surface area contributed by atoms with Crippen LogP contribution in [0.5, 0.6) is 0 Å². The van der Waals surface area contributed by atoms with Crippen LogP contribution in [-0.4, -0.2) is 27.6 Å². The molecule has 0 saturated carbocycles. The van der Waals surface area contributed by atoms with Gasteiger partial charge in [0.1, 0.15) is 0 Å². The van der Waals surface area contributed by atoms with Crippen LogP contribution in [0.4, 0.5) is 0 Å². The van der Waals surface area contributed by atoms with E-state index in [1.807, 2.05) is 30.3 Å². The number of aliphatic hydroxyl groups is 1. The summed E-state index contributed by atoms with van der Waals surface area (Å²) in [5, 5.41) is 13.7. The fourth-order valence-electron chi connectivity index (χ4n) is 3.13. The Morgan fingerprint density at radius 3 is 2.90 bits per heavy atom. The van der Waals surface area contributed by atoms with E-state index in [-0.39, 0.29) is 6.10 Å². The van der Waals surface area contributed by atoms with Crippen LogP contribution in [-0.2, 0) is 6.54 Å². The van der Waals surface area contributed by atoms with Gasteiger partial charge in [0.25, 0.3) is 0 Å². The van der Waals surface area contributed by atoms with Crippen molar-refractivity contribution in [2.75, 3.05) is 6.54 Å². The van der Waals surface area contributed by atoms with E-state index >= 15 is 0 Å². The van der Waals surface area contributed by atoms with Crippen LogP contribution in [0.1, 0.15) is 41.6 Å². The first-order valence-electron chi connectivity index (χ1n) is 7.60. The maximum Gasteiger partial charge on any atom is 0.0897 e. The predicted octanol–water partition coefficient (Wildman–Crippen LogP) is 3.54. The van der Waals surface area contributed by atoms with Crippen LogP contribution in [0.25, 0.3) is 0 Å². The molecule has 3 rings (SSSR count). The third-order valence-corrected chi connectivity index (χ3v) is 5.03. The van der Waals surface area contributed by atoms with Gasteiger partial charge in [-0.15, -0.1) is 11.3 Å². The summed E-state index contributed by atoms with van der Waals surface area (Å²) in [4.78, 5) is 7.03. The number of aryl methyl sites for hydroxylation is 1. The highest BCUT2D eigenvalue weighted by molar-refractivity contribution is 7.09. The zero-order chi connectivity index (χ0) is 14.7.